The lowest BCUT2D eigenvalue weighted by atomic mass is 9.96. The van der Waals surface area contributed by atoms with Gasteiger partial charge in [-0.25, -0.2) is 4.79 Å². The van der Waals surface area contributed by atoms with E-state index in [9.17, 15) is 18.0 Å². The number of aliphatic carboxylic acids is 1. The van der Waals surface area contributed by atoms with E-state index >= 15 is 0 Å². The number of pyridine rings is 1. The van der Waals surface area contributed by atoms with Crippen LogP contribution in [0, 0.1) is 11.8 Å². The minimum Gasteiger partial charge on any atom is -0.475 e. The van der Waals surface area contributed by atoms with E-state index < -0.39 is 12.1 Å². The molecule has 0 saturated heterocycles. The summed E-state index contributed by atoms with van der Waals surface area (Å²) in [6, 6.07) is 0. The summed E-state index contributed by atoms with van der Waals surface area (Å²) in [4.78, 5) is 27.9. The molecule has 0 atom stereocenters. The van der Waals surface area contributed by atoms with Gasteiger partial charge in [-0.1, -0.05) is 12.2 Å². The van der Waals surface area contributed by atoms with Gasteiger partial charge >= 0.3 is 12.1 Å². The number of nitrogens with zero attached hydrogens (tertiary/aromatic N) is 2. The van der Waals surface area contributed by atoms with Crippen LogP contribution in [0.15, 0.2) is 24.5 Å². The number of amides is 1. The number of ether oxygens (including phenoxy) is 1. The SMILES string of the molecule is O=C(C1CC=CC1)N1CCc2c(COCC3CC3)cncc2C1.O=C(O)C(F)(F)F. The molecular formula is C21H25F3N2O4. The summed E-state index contributed by atoms with van der Waals surface area (Å²) in [6.07, 6.45) is 8.37. The number of alkyl halides is 3. The molecule has 0 unspecified atom stereocenters. The fraction of sp³-hybridized carbons (Fsp3) is 0.571. The van der Waals surface area contributed by atoms with Crippen LogP contribution in [0.3, 0.4) is 0 Å². The number of rotatable bonds is 5. The maximum absolute atomic E-state index is 12.6. The van der Waals surface area contributed by atoms with Gasteiger partial charge in [-0.3, -0.25) is 9.78 Å². The second-order valence-electron chi connectivity index (χ2n) is 7.85. The standard InChI is InChI=1S/C19H24N2O2.C2HF3O2/c22-19(15-3-1-2-4-15)21-8-7-18-16(11-21)9-20-10-17(18)13-23-12-14-5-6-14;3-2(4,5)1(6)7/h1-2,9-10,14-15H,3-8,11-13H2;(H,6,7). The maximum Gasteiger partial charge on any atom is 0.490 e. The molecule has 1 N–H and O–H groups in total. The maximum atomic E-state index is 12.6. The monoisotopic (exact) mass is 426 g/mol. The molecule has 0 bridgehead atoms. The first-order valence-electron chi connectivity index (χ1n) is 10.0. The molecule has 164 valence electrons. The zero-order chi connectivity index (χ0) is 21.7. The molecule has 3 aliphatic rings. The van der Waals surface area contributed by atoms with Gasteiger partial charge in [0.2, 0.25) is 5.91 Å². The van der Waals surface area contributed by atoms with Crippen molar-refractivity contribution >= 4 is 11.9 Å². The molecule has 6 nitrogen and oxygen atoms in total. The number of hydrogen-bond acceptors (Lipinski definition) is 4. The van der Waals surface area contributed by atoms with Crippen LogP contribution in [0.5, 0.6) is 0 Å². The van der Waals surface area contributed by atoms with Gasteiger partial charge in [0.05, 0.1) is 6.61 Å². The molecule has 1 aromatic rings. The number of halogens is 3. The lowest BCUT2D eigenvalue weighted by Gasteiger charge is -2.31. The third-order valence-electron chi connectivity index (χ3n) is 5.45. The number of hydrogen-bond donors (Lipinski definition) is 1. The first kappa shape index (κ1) is 22.3. The van der Waals surface area contributed by atoms with Crippen LogP contribution in [0.25, 0.3) is 0 Å². The third-order valence-corrected chi connectivity index (χ3v) is 5.45. The van der Waals surface area contributed by atoms with Crippen molar-refractivity contribution in [3.63, 3.8) is 0 Å². The largest absolute Gasteiger partial charge is 0.490 e. The Hall–Kier alpha value is -2.42. The Kier molecular flexibility index (Phi) is 7.12. The zero-order valence-corrected chi connectivity index (χ0v) is 16.5. The Morgan fingerprint density at radius 2 is 1.87 bits per heavy atom. The molecule has 2 aliphatic carbocycles. The molecule has 30 heavy (non-hydrogen) atoms. The van der Waals surface area contributed by atoms with Crippen LogP contribution in [-0.2, 0) is 33.9 Å². The topological polar surface area (TPSA) is 79.7 Å². The highest BCUT2D eigenvalue weighted by Gasteiger charge is 2.38. The smallest absolute Gasteiger partial charge is 0.475 e. The van der Waals surface area contributed by atoms with E-state index in [-0.39, 0.29) is 5.92 Å². The molecule has 2 heterocycles. The average Bonchev–Trinajstić information content (AvgIpc) is 3.37. The Morgan fingerprint density at radius 3 is 2.47 bits per heavy atom. The van der Waals surface area contributed by atoms with E-state index in [4.69, 9.17) is 14.6 Å². The van der Waals surface area contributed by atoms with Gasteiger partial charge in [0.1, 0.15) is 0 Å². The first-order chi connectivity index (χ1) is 14.3. The van der Waals surface area contributed by atoms with Gasteiger partial charge < -0.3 is 14.7 Å². The van der Waals surface area contributed by atoms with Crippen LogP contribution >= 0.6 is 0 Å². The number of carboxylic acids is 1. The molecule has 1 saturated carbocycles. The third kappa shape index (κ3) is 6.04. The summed E-state index contributed by atoms with van der Waals surface area (Å²) in [5.41, 5.74) is 3.75. The van der Waals surface area contributed by atoms with Gasteiger partial charge in [-0.2, -0.15) is 13.2 Å². The number of carboxylic acid groups (broad SMARTS) is 1. The van der Waals surface area contributed by atoms with Crippen molar-refractivity contribution in [2.24, 2.45) is 11.8 Å². The van der Waals surface area contributed by atoms with E-state index in [1.54, 1.807) is 0 Å². The van der Waals surface area contributed by atoms with Crippen LogP contribution in [0.1, 0.15) is 42.4 Å². The van der Waals surface area contributed by atoms with Crippen molar-refractivity contribution in [1.29, 1.82) is 0 Å². The van der Waals surface area contributed by atoms with E-state index in [0.717, 1.165) is 38.3 Å². The van der Waals surface area contributed by atoms with Crippen LogP contribution in [0.2, 0.25) is 0 Å². The highest BCUT2D eigenvalue weighted by Crippen LogP contribution is 2.30. The number of fused-ring (bicyclic) bond motifs is 1. The number of carbonyl (C=O) groups is 2. The summed E-state index contributed by atoms with van der Waals surface area (Å²) in [6.45, 7) is 3.06. The molecule has 4 rings (SSSR count). The number of carbonyl (C=O) groups excluding carboxylic acids is 1. The van der Waals surface area contributed by atoms with Crippen LogP contribution in [-0.4, -0.2) is 46.2 Å². The highest BCUT2D eigenvalue weighted by molar-refractivity contribution is 5.80. The second-order valence-corrected chi connectivity index (χ2v) is 7.85. The van der Waals surface area contributed by atoms with Gasteiger partial charge in [0.15, 0.2) is 0 Å². The molecule has 1 aliphatic heterocycles. The molecular weight excluding hydrogens is 401 g/mol. The summed E-state index contributed by atoms with van der Waals surface area (Å²) in [5, 5.41) is 7.12. The van der Waals surface area contributed by atoms with Crippen molar-refractivity contribution in [1.82, 2.24) is 9.88 Å². The summed E-state index contributed by atoms with van der Waals surface area (Å²) < 4.78 is 37.6. The molecule has 0 aromatic carbocycles. The molecule has 1 amide bonds. The highest BCUT2D eigenvalue weighted by atomic mass is 19.4. The van der Waals surface area contributed by atoms with E-state index in [0.29, 0.717) is 19.1 Å². The first-order valence-corrected chi connectivity index (χ1v) is 10.0. The predicted octanol–water partition coefficient (Wildman–Crippen LogP) is 3.49. The van der Waals surface area contributed by atoms with Gasteiger partial charge in [-0.15, -0.1) is 0 Å². The van der Waals surface area contributed by atoms with Crippen LogP contribution < -0.4 is 0 Å². The summed E-state index contributed by atoms with van der Waals surface area (Å²) >= 11 is 0. The van der Waals surface area contributed by atoms with E-state index in [1.165, 1.54) is 29.5 Å². The van der Waals surface area contributed by atoms with Crippen molar-refractivity contribution in [2.75, 3.05) is 13.2 Å². The van der Waals surface area contributed by atoms with Gasteiger partial charge in [0, 0.05) is 38.0 Å². The minimum absolute atomic E-state index is 0.162. The second kappa shape index (κ2) is 9.59. The summed E-state index contributed by atoms with van der Waals surface area (Å²) in [5.74, 6) is -1.51. The lowest BCUT2D eigenvalue weighted by Crippen LogP contribution is -2.39. The quantitative estimate of drug-likeness (QED) is 0.729. The number of aromatic nitrogens is 1. The molecule has 9 heteroatoms. The number of allylic oxidation sites excluding steroid dienone is 2. The Labute approximate surface area is 172 Å². The molecule has 1 aromatic heterocycles. The zero-order valence-electron chi connectivity index (χ0n) is 16.5. The molecule has 1 fully saturated rings. The minimum atomic E-state index is -5.08. The van der Waals surface area contributed by atoms with Crippen molar-refractivity contribution in [3.8, 4) is 0 Å². The predicted molar refractivity (Wildman–Crippen MR) is 101 cm³/mol. The average molecular weight is 426 g/mol. The van der Waals surface area contributed by atoms with Crippen molar-refractivity contribution in [2.45, 2.75) is 51.4 Å². The van der Waals surface area contributed by atoms with E-state index in [2.05, 4.69) is 17.1 Å². The fourth-order valence-electron chi connectivity index (χ4n) is 3.58. The van der Waals surface area contributed by atoms with Gasteiger partial charge in [0.25, 0.3) is 0 Å². The van der Waals surface area contributed by atoms with Crippen LogP contribution in [0.4, 0.5) is 13.2 Å². The fourth-order valence-corrected chi connectivity index (χ4v) is 3.58. The Bertz CT molecular complexity index is 798. The van der Waals surface area contributed by atoms with E-state index in [1.807, 2.05) is 17.3 Å². The lowest BCUT2D eigenvalue weighted by molar-refractivity contribution is -0.192. The van der Waals surface area contributed by atoms with Gasteiger partial charge in [-0.05, 0) is 54.7 Å². The Morgan fingerprint density at radius 1 is 1.20 bits per heavy atom. The molecule has 0 spiro atoms. The summed E-state index contributed by atoms with van der Waals surface area (Å²) in [7, 11) is 0. The normalized spacial score (nSPS) is 18.6. The van der Waals surface area contributed by atoms with Crippen molar-refractivity contribution < 1.29 is 32.6 Å². The molecule has 0 radical (unpaired) electrons. The van der Waals surface area contributed by atoms with Crippen molar-refractivity contribution in [3.05, 3.63) is 41.2 Å². The Balaban J connectivity index is 0.000000318.